The van der Waals surface area contributed by atoms with E-state index in [2.05, 4.69) is 15.9 Å². The topological polar surface area (TPSA) is 55.8 Å². The molecule has 0 spiro atoms. The highest BCUT2D eigenvalue weighted by molar-refractivity contribution is 9.10. The van der Waals surface area contributed by atoms with Crippen LogP contribution in [0.4, 0.5) is 0 Å². The molecule has 0 atom stereocenters. The van der Waals surface area contributed by atoms with Gasteiger partial charge >= 0.3 is 5.97 Å². The molecule has 1 saturated carbocycles. The maximum atomic E-state index is 11.8. The molecule has 20 heavy (non-hydrogen) atoms. The van der Waals surface area contributed by atoms with Gasteiger partial charge in [0.2, 0.25) is 0 Å². The fourth-order valence-corrected chi connectivity index (χ4v) is 3.77. The Morgan fingerprint density at radius 1 is 1.40 bits per heavy atom. The highest BCUT2D eigenvalue weighted by atomic mass is 79.9. The predicted octanol–water partition coefficient (Wildman–Crippen LogP) is 3.54. The van der Waals surface area contributed by atoms with E-state index in [0.29, 0.717) is 24.3 Å². The quantitative estimate of drug-likeness (QED) is 0.889. The summed E-state index contributed by atoms with van der Waals surface area (Å²) < 4.78 is 11.7. The molecule has 5 heteroatoms. The maximum Gasteiger partial charge on any atom is 0.314 e. The Bertz CT molecular complexity index is 535. The molecule has 0 amide bonds. The third-order valence-corrected chi connectivity index (χ3v) is 5.06. The van der Waals surface area contributed by atoms with E-state index in [0.717, 1.165) is 28.4 Å². The van der Waals surface area contributed by atoms with E-state index in [4.69, 9.17) is 9.47 Å². The van der Waals surface area contributed by atoms with Crippen molar-refractivity contribution in [2.45, 2.75) is 38.0 Å². The summed E-state index contributed by atoms with van der Waals surface area (Å²) in [5.41, 5.74) is 0.892. The molecule has 1 aliphatic rings. The van der Waals surface area contributed by atoms with Gasteiger partial charge < -0.3 is 14.6 Å². The number of benzene rings is 1. The zero-order valence-corrected chi connectivity index (χ0v) is 13.5. The number of methoxy groups -OCH3 is 2. The number of carboxylic acids is 1. The van der Waals surface area contributed by atoms with Crippen LogP contribution in [0.2, 0.25) is 0 Å². The third-order valence-electron chi connectivity index (χ3n) is 4.16. The summed E-state index contributed by atoms with van der Waals surface area (Å²) in [7, 11) is 3.12. The zero-order chi connectivity index (χ0) is 14.9. The summed E-state index contributed by atoms with van der Waals surface area (Å²) in [5, 5.41) is 9.69. The first-order chi connectivity index (χ1) is 9.51. The molecule has 110 valence electrons. The van der Waals surface area contributed by atoms with Crippen molar-refractivity contribution in [1.29, 1.82) is 0 Å². The van der Waals surface area contributed by atoms with E-state index in [9.17, 15) is 9.90 Å². The highest BCUT2D eigenvalue weighted by Crippen LogP contribution is 2.53. The molecule has 0 heterocycles. The zero-order valence-electron chi connectivity index (χ0n) is 12.0. The SMILES string of the molecule is CCc1cc(OC)c(OC)c(C2(C(=O)O)CCC2)c1Br. The van der Waals surface area contributed by atoms with Crippen molar-refractivity contribution in [2.75, 3.05) is 14.2 Å². The Balaban J connectivity index is 2.75. The van der Waals surface area contributed by atoms with Gasteiger partial charge in [-0.15, -0.1) is 0 Å². The first kappa shape index (κ1) is 15.2. The average Bonchev–Trinajstić information content (AvgIpc) is 2.38. The summed E-state index contributed by atoms with van der Waals surface area (Å²) in [6.45, 7) is 2.03. The lowest BCUT2D eigenvalue weighted by atomic mass is 9.64. The minimum absolute atomic E-state index is 0.527. The van der Waals surface area contributed by atoms with Gasteiger partial charge in [0, 0.05) is 10.0 Å². The lowest BCUT2D eigenvalue weighted by molar-refractivity contribution is -0.147. The number of ether oxygens (including phenoxy) is 2. The molecule has 0 aliphatic heterocycles. The van der Waals surface area contributed by atoms with Crippen molar-refractivity contribution in [2.24, 2.45) is 0 Å². The number of carboxylic acid groups (broad SMARTS) is 1. The molecule has 2 rings (SSSR count). The molecular formula is C15H19BrO4. The van der Waals surface area contributed by atoms with E-state index < -0.39 is 11.4 Å². The summed E-state index contributed by atoms with van der Waals surface area (Å²) in [6, 6.07) is 1.90. The Hall–Kier alpha value is -1.23. The van der Waals surface area contributed by atoms with Crippen LogP contribution in [-0.4, -0.2) is 25.3 Å². The van der Waals surface area contributed by atoms with Crippen molar-refractivity contribution in [3.63, 3.8) is 0 Å². The Morgan fingerprint density at radius 3 is 2.40 bits per heavy atom. The van der Waals surface area contributed by atoms with Crippen molar-refractivity contribution < 1.29 is 19.4 Å². The van der Waals surface area contributed by atoms with Gasteiger partial charge in [0.25, 0.3) is 0 Å². The monoisotopic (exact) mass is 342 g/mol. The molecule has 4 nitrogen and oxygen atoms in total. The highest BCUT2D eigenvalue weighted by Gasteiger charge is 2.49. The van der Waals surface area contributed by atoms with Crippen LogP contribution in [0, 0.1) is 0 Å². The van der Waals surface area contributed by atoms with Gasteiger partial charge in [0.05, 0.1) is 19.6 Å². The van der Waals surface area contributed by atoms with Crippen LogP contribution in [0.15, 0.2) is 10.5 Å². The van der Waals surface area contributed by atoms with Crippen LogP contribution < -0.4 is 9.47 Å². The van der Waals surface area contributed by atoms with Gasteiger partial charge in [-0.25, -0.2) is 0 Å². The van der Waals surface area contributed by atoms with Gasteiger partial charge in [-0.2, -0.15) is 0 Å². The number of rotatable bonds is 5. The van der Waals surface area contributed by atoms with Crippen LogP contribution in [-0.2, 0) is 16.6 Å². The minimum atomic E-state index is -0.858. The van der Waals surface area contributed by atoms with E-state index in [1.54, 1.807) is 14.2 Å². The van der Waals surface area contributed by atoms with Gasteiger partial charge in [0.15, 0.2) is 11.5 Å². The molecule has 0 saturated heterocycles. The second-order valence-electron chi connectivity index (χ2n) is 5.05. The molecule has 0 bridgehead atoms. The lowest BCUT2D eigenvalue weighted by Crippen LogP contribution is -2.43. The second kappa shape index (κ2) is 5.64. The second-order valence-corrected chi connectivity index (χ2v) is 5.85. The minimum Gasteiger partial charge on any atom is -0.493 e. The number of aliphatic carboxylic acids is 1. The van der Waals surface area contributed by atoms with Crippen LogP contribution in [0.1, 0.15) is 37.3 Å². The summed E-state index contributed by atoms with van der Waals surface area (Å²) in [5.74, 6) is 0.326. The summed E-state index contributed by atoms with van der Waals surface area (Å²) in [6.07, 6.45) is 2.98. The van der Waals surface area contributed by atoms with Crippen molar-refractivity contribution >= 4 is 21.9 Å². The lowest BCUT2D eigenvalue weighted by Gasteiger charge is -2.40. The van der Waals surface area contributed by atoms with Crippen LogP contribution in [0.25, 0.3) is 0 Å². The summed E-state index contributed by atoms with van der Waals surface area (Å²) in [4.78, 5) is 11.8. The maximum absolute atomic E-state index is 11.8. The predicted molar refractivity (Wildman–Crippen MR) is 79.8 cm³/mol. The Kier molecular flexibility index (Phi) is 4.28. The van der Waals surface area contributed by atoms with Crippen molar-refractivity contribution in [3.8, 4) is 11.5 Å². The van der Waals surface area contributed by atoms with Gasteiger partial charge in [-0.3, -0.25) is 4.79 Å². The molecule has 0 unspecified atom stereocenters. The first-order valence-corrected chi connectivity index (χ1v) is 7.48. The van der Waals surface area contributed by atoms with Crippen LogP contribution in [0.5, 0.6) is 11.5 Å². The van der Waals surface area contributed by atoms with Crippen LogP contribution >= 0.6 is 15.9 Å². The Labute approximate surface area is 127 Å². The van der Waals surface area contributed by atoms with Crippen molar-refractivity contribution in [1.82, 2.24) is 0 Å². The molecule has 0 aromatic heterocycles. The molecule has 1 fully saturated rings. The first-order valence-electron chi connectivity index (χ1n) is 6.69. The van der Waals surface area contributed by atoms with Gasteiger partial charge in [0.1, 0.15) is 0 Å². The fourth-order valence-electron chi connectivity index (χ4n) is 2.81. The van der Waals surface area contributed by atoms with Crippen molar-refractivity contribution in [3.05, 3.63) is 21.7 Å². The summed E-state index contributed by atoms with van der Waals surface area (Å²) >= 11 is 3.58. The number of aryl methyl sites for hydroxylation is 1. The standard InChI is InChI=1S/C15H19BrO4/c1-4-9-8-10(19-2)13(20-3)11(12(9)16)15(14(17)18)6-5-7-15/h8H,4-7H2,1-3H3,(H,17,18). The fraction of sp³-hybridized carbons (Fsp3) is 0.533. The molecule has 1 N–H and O–H groups in total. The van der Waals surface area contributed by atoms with E-state index >= 15 is 0 Å². The van der Waals surface area contributed by atoms with Crippen LogP contribution in [0.3, 0.4) is 0 Å². The molecule has 1 aliphatic carbocycles. The third kappa shape index (κ3) is 2.08. The van der Waals surface area contributed by atoms with E-state index in [1.807, 2.05) is 13.0 Å². The smallest absolute Gasteiger partial charge is 0.314 e. The molecule has 1 aromatic rings. The Morgan fingerprint density at radius 2 is 2.05 bits per heavy atom. The molecule has 0 radical (unpaired) electrons. The molecular weight excluding hydrogens is 324 g/mol. The number of carbonyl (C=O) groups is 1. The number of hydrogen-bond donors (Lipinski definition) is 1. The van der Waals surface area contributed by atoms with Gasteiger partial charge in [-0.1, -0.05) is 29.3 Å². The van der Waals surface area contributed by atoms with E-state index in [-0.39, 0.29) is 0 Å². The number of hydrogen-bond acceptors (Lipinski definition) is 3. The molecule has 1 aromatic carbocycles. The number of halogens is 1. The van der Waals surface area contributed by atoms with Gasteiger partial charge in [-0.05, 0) is 30.9 Å². The average molecular weight is 343 g/mol. The normalized spacial score (nSPS) is 16.4. The largest absolute Gasteiger partial charge is 0.493 e. The van der Waals surface area contributed by atoms with E-state index in [1.165, 1.54) is 0 Å².